The van der Waals surface area contributed by atoms with E-state index in [0.717, 1.165) is 11.5 Å². The second-order valence-corrected chi connectivity index (χ2v) is 5.30. The minimum atomic E-state index is -0.194. The lowest BCUT2D eigenvalue weighted by Gasteiger charge is -2.30. The highest BCUT2D eigenvalue weighted by Crippen LogP contribution is 2.35. The zero-order chi connectivity index (χ0) is 13.9. The van der Waals surface area contributed by atoms with Gasteiger partial charge >= 0.3 is 0 Å². The van der Waals surface area contributed by atoms with Gasteiger partial charge in [-0.25, -0.2) is 0 Å². The molecule has 1 atom stereocenters. The fourth-order valence-electron chi connectivity index (χ4n) is 2.18. The van der Waals surface area contributed by atoms with Gasteiger partial charge in [-0.15, -0.1) is 0 Å². The Morgan fingerprint density at radius 1 is 1.16 bits per heavy atom. The molecule has 0 saturated heterocycles. The number of furan rings is 1. The van der Waals surface area contributed by atoms with Gasteiger partial charge in [-0.2, -0.15) is 0 Å². The van der Waals surface area contributed by atoms with Crippen molar-refractivity contribution in [2.24, 2.45) is 5.73 Å². The summed E-state index contributed by atoms with van der Waals surface area (Å²) in [6.45, 7) is 4.73. The van der Waals surface area contributed by atoms with Crippen LogP contribution in [0.15, 0.2) is 46.9 Å². The van der Waals surface area contributed by atoms with Gasteiger partial charge in [0, 0.05) is 12.5 Å². The summed E-state index contributed by atoms with van der Waals surface area (Å²) >= 11 is 0. The maximum atomic E-state index is 6.38. The maximum absolute atomic E-state index is 6.38. The molecule has 0 bridgehead atoms. The van der Waals surface area contributed by atoms with E-state index in [1.54, 1.807) is 7.11 Å². The molecular weight excluding hydrogens is 238 g/mol. The van der Waals surface area contributed by atoms with Crippen molar-refractivity contribution in [3.8, 4) is 0 Å². The van der Waals surface area contributed by atoms with Crippen LogP contribution in [0.2, 0.25) is 0 Å². The van der Waals surface area contributed by atoms with E-state index in [4.69, 9.17) is 14.9 Å². The van der Waals surface area contributed by atoms with Crippen LogP contribution >= 0.6 is 0 Å². The summed E-state index contributed by atoms with van der Waals surface area (Å²) in [4.78, 5) is 0. The molecule has 0 aliphatic rings. The van der Waals surface area contributed by atoms with Crippen LogP contribution in [0.3, 0.4) is 0 Å². The van der Waals surface area contributed by atoms with Crippen molar-refractivity contribution < 1.29 is 9.15 Å². The molecule has 1 unspecified atom stereocenters. The fourth-order valence-corrected chi connectivity index (χ4v) is 2.18. The van der Waals surface area contributed by atoms with Crippen molar-refractivity contribution in [1.29, 1.82) is 0 Å². The Morgan fingerprint density at radius 2 is 1.84 bits per heavy atom. The number of hydrogen-bond acceptors (Lipinski definition) is 3. The molecule has 2 N–H and O–H groups in total. The van der Waals surface area contributed by atoms with E-state index in [-0.39, 0.29) is 11.5 Å². The maximum Gasteiger partial charge on any atom is 0.129 e. The van der Waals surface area contributed by atoms with Crippen LogP contribution in [0.25, 0.3) is 0 Å². The molecule has 102 valence electrons. The van der Waals surface area contributed by atoms with Crippen LogP contribution in [-0.2, 0) is 16.8 Å². The van der Waals surface area contributed by atoms with Crippen molar-refractivity contribution >= 4 is 0 Å². The average Bonchev–Trinajstić information content (AvgIpc) is 2.88. The van der Waals surface area contributed by atoms with Crippen molar-refractivity contribution in [3.63, 3.8) is 0 Å². The summed E-state index contributed by atoms with van der Waals surface area (Å²) in [6, 6.07) is 13.9. The zero-order valence-electron chi connectivity index (χ0n) is 11.7. The predicted octanol–water partition coefficient (Wildman–Crippen LogP) is 3.40. The molecule has 0 amide bonds. The summed E-state index contributed by atoms with van der Waals surface area (Å²) in [7, 11) is 1.65. The molecule has 2 rings (SSSR count). The third kappa shape index (κ3) is 2.88. The van der Waals surface area contributed by atoms with E-state index in [1.165, 1.54) is 5.56 Å². The van der Waals surface area contributed by atoms with Gasteiger partial charge in [-0.3, -0.25) is 0 Å². The second kappa shape index (κ2) is 5.59. The summed E-state index contributed by atoms with van der Waals surface area (Å²) in [5, 5.41) is 0. The van der Waals surface area contributed by atoms with Crippen molar-refractivity contribution in [1.82, 2.24) is 0 Å². The molecule has 0 fully saturated rings. The standard InChI is InChI=1S/C16H21NO2/c1-16(2,12-7-5-4-6-8-12)15(17)14-10-9-13(19-14)11-18-3/h4-10,15H,11,17H2,1-3H3. The molecule has 0 aliphatic carbocycles. The minimum Gasteiger partial charge on any atom is -0.462 e. The zero-order valence-corrected chi connectivity index (χ0v) is 11.7. The van der Waals surface area contributed by atoms with Crippen LogP contribution in [-0.4, -0.2) is 7.11 Å². The van der Waals surface area contributed by atoms with Gasteiger partial charge in [0.25, 0.3) is 0 Å². The quantitative estimate of drug-likeness (QED) is 0.895. The Morgan fingerprint density at radius 3 is 2.47 bits per heavy atom. The molecule has 1 aromatic heterocycles. The molecular formula is C16H21NO2. The van der Waals surface area contributed by atoms with Gasteiger partial charge in [-0.1, -0.05) is 44.2 Å². The lowest BCUT2D eigenvalue weighted by molar-refractivity contribution is 0.160. The molecule has 0 spiro atoms. The van der Waals surface area contributed by atoms with Crippen LogP contribution in [0.1, 0.15) is 37.0 Å². The fraction of sp³-hybridized carbons (Fsp3) is 0.375. The highest BCUT2D eigenvalue weighted by Gasteiger charge is 2.31. The molecule has 0 radical (unpaired) electrons. The SMILES string of the molecule is COCc1ccc(C(N)C(C)(C)c2ccccc2)o1. The molecule has 0 saturated carbocycles. The third-order valence-corrected chi connectivity index (χ3v) is 3.57. The lowest BCUT2D eigenvalue weighted by Crippen LogP contribution is -2.32. The van der Waals surface area contributed by atoms with Gasteiger partial charge in [0.15, 0.2) is 0 Å². The second-order valence-electron chi connectivity index (χ2n) is 5.30. The van der Waals surface area contributed by atoms with Gasteiger partial charge in [0.1, 0.15) is 18.1 Å². The number of ether oxygens (including phenoxy) is 1. The normalized spacial score (nSPS) is 13.5. The first-order valence-electron chi connectivity index (χ1n) is 6.44. The highest BCUT2D eigenvalue weighted by molar-refractivity contribution is 5.28. The minimum absolute atomic E-state index is 0.191. The number of rotatable bonds is 5. The first-order chi connectivity index (χ1) is 9.05. The van der Waals surface area contributed by atoms with Crippen LogP contribution in [0, 0.1) is 0 Å². The Bertz CT molecular complexity index is 517. The number of methoxy groups -OCH3 is 1. The first-order valence-corrected chi connectivity index (χ1v) is 6.44. The van der Waals surface area contributed by atoms with Crippen LogP contribution in [0.5, 0.6) is 0 Å². The van der Waals surface area contributed by atoms with Crippen LogP contribution < -0.4 is 5.73 Å². The number of nitrogens with two attached hydrogens (primary N) is 1. The van der Waals surface area contributed by atoms with E-state index >= 15 is 0 Å². The van der Waals surface area contributed by atoms with E-state index in [1.807, 2.05) is 30.3 Å². The van der Waals surface area contributed by atoms with Crippen molar-refractivity contribution in [3.05, 3.63) is 59.5 Å². The summed E-state index contributed by atoms with van der Waals surface area (Å²) < 4.78 is 10.8. The lowest BCUT2D eigenvalue weighted by atomic mass is 9.77. The van der Waals surface area contributed by atoms with E-state index in [0.29, 0.717) is 6.61 Å². The molecule has 3 nitrogen and oxygen atoms in total. The molecule has 1 heterocycles. The third-order valence-electron chi connectivity index (χ3n) is 3.57. The Kier molecular flexibility index (Phi) is 4.08. The van der Waals surface area contributed by atoms with Crippen molar-refractivity contribution in [2.45, 2.75) is 31.9 Å². The monoisotopic (exact) mass is 259 g/mol. The highest BCUT2D eigenvalue weighted by atomic mass is 16.5. The number of hydrogen-bond donors (Lipinski definition) is 1. The van der Waals surface area contributed by atoms with Crippen molar-refractivity contribution in [2.75, 3.05) is 7.11 Å². The van der Waals surface area contributed by atoms with E-state index < -0.39 is 0 Å². The first kappa shape index (κ1) is 13.8. The molecule has 3 heteroatoms. The smallest absolute Gasteiger partial charge is 0.129 e. The average molecular weight is 259 g/mol. The molecule has 1 aromatic carbocycles. The molecule has 19 heavy (non-hydrogen) atoms. The summed E-state index contributed by atoms with van der Waals surface area (Å²) in [6.07, 6.45) is 0. The summed E-state index contributed by atoms with van der Waals surface area (Å²) in [5.74, 6) is 1.60. The number of benzene rings is 1. The molecule has 2 aromatic rings. The molecule has 0 aliphatic heterocycles. The van der Waals surface area contributed by atoms with Gasteiger partial charge in [0.05, 0.1) is 6.04 Å². The Balaban J connectivity index is 2.24. The Hall–Kier alpha value is -1.58. The summed E-state index contributed by atoms with van der Waals surface area (Å²) in [5.41, 5.74) is 7.39. The van der Waals surface area contributed by atoms with Gasteiger partial charge in [0.2, 0.25) is 0 Å². The Labute approximate surface area is 114 Å². The van der Waals surface area contributed by atoms with Gasteiger partial charge < -0.3 is 14.9 Å². The topological polar surface area (TPSA) is 48.4 Å². The van der Waals surface area contributed by atoms with E-state index in [2.05, 4.69) is 26.0 Å². The van der Waals surface area contributed by atoms with Crippen LogP contribution in [0.4, 0.5) is 0 Å². The van der Waals surface area contributed by atoms with E-state index in [9.17, 15) is 0 Å². The van der Waals surface area contributed by atoms with Gasteiger partial charge in [-0.05, 0) is 17.7 Å². The predicted molar refractivity (Wildman–Crippen MR) is 75.8 cm³/mol. The largest absolute Gasteiger partial charge is 0.462 e.